The molecule has 0 unspecified atom stereocenters. The van der Waals surface area contributed by atoms with Gasteiger partial charge < -0.3 is 9.32 Å². The van der Waals surface area contributed by atoms with E-state index >= 15 is 0 Å². The molecule has 1 saturated heterocycles. The number of para-hydroxylation sites is 1. The van der Waals surface area contributed by atoms with Crippen LogP contribution in [0.4, 0.5) is 0 Å². The number of hydrogen-bond donors (Lipinski definition) is 0. The van der Waals surface area contributed by atoms with Gasteiger partial charge in [-0.1, -0.05) is 25.1 Å². The summed E-state index contributed by atoms with van der Waals surface area (Å²) in [5.41, 5.74) is 2.23. The van der Waals surface area contributed by atoms with Crippen LogP contribution in [0.3, 0.4) is 0 Å². The van der Waals surface area contributed by atoms with Crippen LogP contribution < -0.4 is 0 Å². The molecule has 24 heavy (non-hydrogen) atoms. The van der Waals surface area contributed by atoms with Crippen molar-refractivity contribution in [3.63, 3.8) is 0 Å². The minimum atomic E-state index is 0.0907. The molecule has 1 aliphatic heterocycles. The van der Waals surface area contributed by atoms with E-state index in [4.69, 9.17) is 4.42 Å². The van der Waals surface area contributed by atoms with E-state index in [2.05, 4.69) is 11.9 Å². The number of carbonyl (C=O) groups excluding carboxylic acids is 1. The monoisotopic (exact) mass is 320 g/mol. The highest BCUT2D eigenvalue weighted by molar-refractivity contribution is 6.07. The van der Waals surface area contributed by atoms with Crippen molar-refractivity contribution in [2.24, 2.45) is 5.92 Å². The SMILES string of the molecule is C[C@@H]1CCCN(C(=O)c2cc(-c3ccco3)nc3ccccc23)C1. The summed E-state index contributed by atoms with van der Waals surface area (Å²) in [6, 6.07) is 13.4. The number of pyridine rings is 1. The second-order valence-electron chi connectivity index (χ2n) is 6.55. The molecule has 1 aromatic carbocycles. The Balaban J connectivity index is 1.82. The van der Waals surface area contributed by atoms with Gasteiger partial charge in [0.15, 0.2) is 5.76 Å². The Bertz CT molecular complexity index is 870. The summed E-state index contributed by atoms with van der Waals surface area (Å²) in [5.74, 6) is 1.33. The van der Waals surface area contributed by atoms with Crippen molar-refractivity contribution < 1.29 is 9.21 Å². The molecular weight excluding hydrogens is 300 g/mol. The highest BCUT2D eigenvalue weighted by atomic mass is 16.3. The lowest BCUT2D eigenvalue weighted by Gasteiger charge is -2.31. The van der Waals surface area contributed by atoms with Crippen molar-refractivity contribution in [3.05, 3.63) is 54.3 Å². The smallest absolute Gasteiger partial charge is 0.254 e. The number of benzene rings is 1. The molecule has 4 rings (SSSR count). The van der Waals surface area contributed by atoms with Crippen molar-refractivity contribution in [1.82, 2.24) is 9.88 Å². The second-order valence-corrected chi connectivity index (χ2v) is 6.55. The lowest BCUT2D eigenvalue weighted by Crippen LogP contribution is -2.39. The molecule has 0 aliphatic carbocycles. The summed E-state index contributed by atoms with van der Waals surface area (Å²) in [6.07, 6.45) is 3.89. The van der Waals surface area contributed by atoms with Crippen LogP contribution in [-0.4, -0.2) is 28.9 Å². The van der Waals surface area contributed by atoms with Crippen LogP contribution in [0, 0.1) is 5.92 Å². The predicted molar refractivity (Wildman–Crippen MR) is 93.7 cm³/mol. The molecule has 0 radical (unpaired) electrons. The third-order valence-corrected chi connectivity index (χ3v) is 4.66. The molecule has 1 fully saturated rings. The number of amides is 1. The Labute approximate surface area is 141 Å². The maximum Gasteiger partial charge on any atom is 0.254 e. The lowest BCUT2D eigenvalue weighted by atomic mass is 9.98. The summed E-state index contributed by atoms with van der Waals surface area (Å²) in [4.78, 5) is 19.8. The fraction of sp³-hybridized carbons (Fsp3) is 0.300. The van der Waals surface area contributed by atoms with Crippen LogP contribution in [0.15, 0.2) is 53.1 Å². The number of aromatic nitrogens is 1. The minimum absolute atomic E-state index is 0.0907. The van der Waals surface area contributed by atoms with E-state index in [9.17, 15) is 4.79 Å². The van der Waals surface area contributed by atoms with Crippen molar-refractivity contribution in [2.75, 3.05) is 13.1 Å². The average molecular weight is 320 g/mol. The van der Waals surface area contributed by atoms with Crippen molar-refractivity contribution in [3.8, 4) is 11.5 Å². The second kappa shape index (κ2) is 6.11. The van der Waals surface area contributed by atoms with Gasteiger partial charge in [0.1, 0.15) is 5.69 Å². The van der Waals surface area contributed by atoms with Gasteiger partial charge in [-0.3, -0.25) is 4.79 Å². The standard InChI is InChI=1S/C20H20N2O2/c1-14-6-4-10-22(13-14)20(23)16-12-18(19-9-5-11-24-19)21-17-8-3-2-7-15(16)17/h2-3,5,7-9,11-12,14H,4,6,10,13H2,1H3/t14-/m1/s1. The van der Waals surface area contributed by atoms with Crippen LogP contribution in [0.2, 0.25) is 0 Å². The van der Waals surface area contributed by atoms with Crippen LogP contribution in [0.5, 0.6) is 0 Å². The molecule has 3 heterocycles. The van der Waals surface area contributed by atoms with Gasteiger partial charge >= 0.3 is 0 Å². The Hall–Kier alpha value is -2.62. The summed E-state index contributed by atoms with van der Waals surface area (Å²) < 4.78 is 5.48. The fourth-order valence-corrected chi connectivity index (χ4v) is 3.45. The summed E-state index contributed by atoms with van der Waals surface area (Å²) >= 11 is 0. The molecule has 0 bridgehead atoms. The van der Waals surface area contributed by atoms with Crippen molar-refractivity contribution in [1.29, 1.82) is 0 Å². The number of hydrogen-bond acceptors (Lipinski definition) is 3. The summed E-state index contributed by atoms with van der Waals surface area (Å²) in [7, 11) is 0. The Morgan fingerprint density at radius 2 is 2.12 bits per heavy atom. The number of likely N-dealkylation sites (tertiary alicyclic amines) is 1. The van der Waals surface area contributed by atoms with Gasteiger partial charge in [-0.2, -0.15) is 0 Å². The first kappa shape index (κ1) is 14.9. The molecule has 4 nitrogen and oxygen atoms in total. The first-order valence-corrected chi connectivity index (χ1v) is 8.45. The van der Waals surface area contributed by atoms with E-state index in [1.807, 2.05) is 47.4 Å². The first-order valence-electron chi connectivity index (χ1n) is 8.45. The maximum absolute atomic E-state index is 13.1. The normalized spacial score (nSPS) is 18.0. The van der Waals surface area contributed by atoms with Gasteiger partial charge in [-0.05, 0) is 43.0 Å². The fourth-order valence-electron chi connectivity index (χ4n) is 3.45. The van der Waals surface area contributed by atoms with E-state index in [0.717, 1.165) is 30.4 Å². The highest BCUT2D eigenvalue weighted by Crippen LogP contribution is 2.27. The van der Waals surface area contributed by atoms with Crippen LogP contribution in [0.25, 0.3) is 22.4 Å². The molecule has 2 aromatic heterocycles. The Morgan fingerprint density at radius 3 is 2.92 bits per heavy atom. The molecule has 0 saturated carbocycles. The van der Waals surface area contributed by atoms with E-state index in [0.29, 0.717) is 22.9 Å². The topological polar surface area (TPSA) is 46.3 Å². The van der Waals surface area contributed by atoms with E-state index in [-0.39, 0.29) is 5.91 Å². The number of carbonyl (C=O) groups is 1. The quantitative estimate of drug-likeness (QED) is 0.704. The molecule has 0 spiro atoms. The van der Waals surface area contributed by atoms with Gasteiger partial charge in [0.25, 0.3) is 5.91 Å². The third kappa shape index (κ3) is 2.68. The molecule has 0 N–H and O–H groups in total. The molecule has 1 aliphatic rings. The highest BCUT2D eigenvalue weighted by Gasteiger charge is 2.24. The summed E-state index contributed by atoms with van der Waals surface area (Å²) in [6.45, 7) is 3.86. The molecular formula is C20H20N2O2. The van der Waals surface area contributed by atoms with E-state index in [1.165, 1.54) is 6.42 Å². The van der Waals surface area contributed by atoms with Crippen molar-refractivity contribution >= 4 is 16.8 Å². The molecule has 122 valence electrons. The van der Waals surface area contributed by atoms with Crippen LogP contribution in [-0.2, 0) is 0 Å². The summed E-state index contributed by atoms with van der Waals surface area (Å²) in [5, 5.41) is 0.899. The van der Waals surface area contributed by atoms with Crippen LogP contribution in [0.1, 0.15) is 30.1 Å². The van der Waals surface area contributed by atoms with Crippen molar-refractivity contribution in [2.45, 2.75) is 19.8 Å². The van der Waals surface area contributed by atoms with Crippen LogP contribution >= 0.6 is 0 Å². The zero-order valence-corrected chi connectivity index (χ0v) is 13.7. The molecule has 1 amide bonds. The van der Waals surface area contributed by atoms with Gasteiger partial charge in [0.05, 0.1) is 17.3 Å². The predicted octanol–water partition coefficient (Wildman–Crippen LogP) is 4.37. The molecule has 1 atom stereocenters. The molecule has 4 heteroatoms. The van der Waals surface area contributed by atoms with Gasteiger partial charge in [-0.25, -0.2) is 4.98 Å². The maximum atomic E-state index is 13.1. The zero-order chi connectivity index (χ0) is 16.5. The Kier molecular flexibility index (Phi) is 3.81. The van der Waals surface area contributed by atoms with Gasteiger partial charge in [0.2, 0.25) is 0 Å². The molecule has 3 aromatic rings. The Morgan fingerprint density at radius 1 is 1.25 bits per heavy atom. The number of furan rings is 1. The average Bonchev–Trinajstić information content (AvgIpc) is 3.15. The number of nitrogens with zero attached hydrogens (tertiary/aromatic N) is 2. The van der Waals surface area contributed by atoms with E-state index in [1.54, 1.807) is 6.26 Å². The third-order valence-electron chi connectivity index (χ3n) is 4.66. The first-order chi connectivity index (χ1) is 11.7. The largest absolute Gasteiger partial charge is 0.463 e. The van der Waals surface area contributed by atoms with E-state index < -0.39 is 0 Å². The van der Waals surface area contributed by atoms with Gasteiger partial charge in [-0.15, -0.1) is 0 Å². The number of piperidine rings is 1. The minimum Gasteiger partial charge on any atom is -0.463 e. The van der Waals surface area contributed by atoms with Gasteiger partial charge in [0, 0.05) is 18.5 Å². The lowest BCUT2D eigenvalue weighted by molar-refractivity contribution is 0.0685. The zero-order valence-electron chi connectivity index (χ0n) is 13.7. The number of fused-ring (bicyclic) bond motifs is 1. The number of rotatable bonds is 2.